The van der Waals surface area contributed by atoms with Crippen molar-refractivity contribution in [3.63, 3.8) is 0 Å². The number of nitrogens with one attached hydrogen (secondary N) is 2. The van der Waals surface area contributed by atoms with Crippen LogP contribution in [0.1, 0.15) is 13.3 Å². The minimum Gasteiger partial charge on any atom is -0.494 e. The number of rotatable bonds is 6. The summed E-state index contributed by atoms with van der Waals surface area (Å²) in [4.78, 5) is 29.7. The highest BCUT2D eigenvalue weighted by atomic mass is 16.5. The van der Waals surface area contributed by atoms with Crippen LogP contribution in [-0.4, -0.2) is 80.5 Å². The molecule has 2 aliphatic rings. The molecule has 0 aliphatic carbocycles. The molecule has 3 N–H and O–H groups in total. The molecule has 0 spiro atoms. The van der Waals surface area contributed by atoms with Crippen molar-refractivity contribution in [3.8, 4) is 5.75 Å². The first-order valence-electron chi connectivity index (χ1n) is 9.63. The highest BCUT2D eigenvalue weighted by Gasteiger charge is 2.33. The van der Waals surface area contributed by atoms with E-state index in [9.17, 15) is 9.59 Å². The molecule has 3 amide bonds. The van der Waals surface area contributed by atoms with Gasteiger partial charge in [0.25, 0.3) is 0 Å². The van der Waals surface area contributed by atoms with Crippen LogP contribution in [0.4, 0.5) is 10.5 Å². The number of urea groups is 1. The van der Waals surface area contributed by atoms with Crippen LogP contribution in [0.2, 0.25) is 0 Å². The van der Waals surface area contributed by atoms with Gasteiger partial charge in [-0.1, -0.05) is 0 Å². The number of aliphatic hydroxyl groups excluding tert-OH is 1. The monoisotopic (exact) mass is 377 g/mol. The van der Waals surface area contributed by atoms with Gasteiger partial charge in [-0.15, -0.1) is 0 Å². The molecule has 148 valence electrons. The number of carbonyl (C=O) groups is 2. The number of ether oxygens (including phenoxy) is 1. The number of benzene rings is 1. The van der Waals surface area contributed by atoms with Crippen molar-refractivity contribution in [2.45, 2.75) is 19.4 Å². The Morgan fingerprint density at radius 3 is 2.63 bits per heavy atom. The molecular weight excluding hydrogens is 348 g/mol. The number of nitrogens with zero attached hydrogens (tertiary/aromatic N) is 2. The first-order chi connectivity index (χ1) is 13.1. The summed E-state index contributed by atoms with van der Waals surface area (Å²) in [5.74, 6) is 0.793. The zero-order chi connectivity index (χ0) is 19.2. The van der Waals surface area contributed by atoms with Gasteiger partial charge in [-0.3, -0.25) is 4.79 Å². The Labute approximate surface area is 159 Å². The average molecular weight is 377 g/mol. The number of anilines is 1. The van der Waals surface area contributed by atoms with E-state index in [0.717, 1.165) is 31.1 Å². The van der Waals surface area contributed by atoms with Crippen molar-refractivity contribution in [2.24, 2.45) is 0 Å². The van der Waals surface area contributed by atoms with Crippen molar-refractivity contribution >= 4 is 17.6 Å². The molecule has 1 aromatic carbocycles. The highest BCUT2D eigenvalue weighted by Crippen LogP contribution is 2.24. The molecule has 3 rings (SSSR count). The van der Waals surface area contributed by atoms with Crippen LogP contribution in [0.15, 0.2) is 24.3 Å². The van der Waals surface area contributed by atoms with Gasteiger partial charge in [-0.25, -0.2) is 4.79 Å². The summed E-state index contributed by atoms with van der Waals surface area (Å²) in [6.45, 7) is 6.94. The molecule has 27 heavy (non-hydrogen) atoms. The van der Waals surface area contributed by atoms with Gasteiger partial charge in [0.05, 0.1) is 45.4 Å². The highest BCUT2D eigenvalue weighted by molar-refractivity contribution is 5.96. The summed E-state index contributed by atoms with van der Waals surface area (Å²) in [7, 11) is 0. The van der Waals surface area contributed by atoms with E-state index >= 15 is 0 Å². The molecular formula is C19H29N4O4+. The standard InChI is InChI=1S/C19H28N4O4/c1-2-27-17-5-3-16(4-6-17)23-14-15(13-18(23)25)20-19(26)22-9-7-21(8-10-22)11-12-24/h3-6,15,24H,2,7-14H2,1H3,(H,20,26)/p+1/t15-/m1/s1. The van der Waals surface area contributed by atoms with Crippen LogP contribution in [0.5, 0.6) is 5.75 Å². The van der Waals surface area contributed by atoms with Gasteiger partial charge in [-0.2, -0.15) is 0 Å². The van der Waals surface area contributed by atoms with Gasteiger partial charge in [0, 0.05) is 18.7 Å². The van der Waals surface area contributed by atoms with Gasteiger partial charge >= 0.3 is 6.03 Å². The maximum atomic E-state index is 12.5. The van der Waals surface area contributed by atoms with Gasteiger partial charge in [0.15, 0.2) is 0 Å². The minimum atomic E-state index is -0.181. The Bertz CT molecular complexity index is 644. The third kappa shape index (κ3) is 4.90. The van der Waals surface area contributed by atoms with Crippen LogP contribution in [0, 0.1) is 0 Å². The van der Waals surface area contributed by atoms with Crippen LogP contribution >= 0.6 is 0 Å². The van der Waals surface area contributed by atoms with Crippen molar-refractivity contribution in [3.05, 3.63) is 24.3 Å². The summed E-state index contributed by atoms with van der Waals surface area (Å²) >= 11 is 0. The molecule has 2 aliphatic heterocycles. The Hall–Kier alpha value is -2.32. The maximum Gasteiger partial charge on any atom is 0.318 e. The molecule has 0 aromatic heterocycles. The molecule has 0 bridgehead atoms. The van der Waals surface area contributed by atoms with Crippen molar-refractivity contribution in [1.29, 1.82) is 0 Å². The topological polar surface area (TPSA) is 86.6 Å². The van der Waals surface area contributed by atoms with Gasteiger partial charge < -0.3 is 29.9 Å². The molecule has 2 heterocycles. The fourth-order valence-corrected chi connectivity index (χ4v) is 3.64. The van der Waals surface area contributed by atoms with Crippen LogP contribution in [-0.2, 0) is 4.79 Å². The lowest BCUT2D eigenvalue weighted by atomic mass is 10.2. The van der Waals surface area contributed by atoms with E-state index < -0.39 is 0 Å². The third-order valence-electron chi connectivity index (χ3n) is 5.14. The SMILES string of the molecule is CCOc1ccc(N2C[C@H](NC(=O)N3CC[NH+](CCO)CC3)CC2=O)cc1. The van der Waals surface area contributed by atoms with E-state index in [1.54, 1.807) is 9.80 Å². The Morgan fingerprint density at radius 1 is 1.30 bits per heavy atom. The van der Waals surface area contributed by atoms with E-state index in [1.807, 2.05) is 31.2 Å². The maximum absolute atomic E-state index is 12.5. The largest absolute Gasteiger partial charge is 0.494 e. The molecule has 0 radical (unpaired) electrons. The van der Waals surface area contributed by atoms with Crippen LogP contribution < -0.4 is 19.9 Å². The summed E-state index contributed by atoms with van der Waals surface area (Å²) in [5.41, 5.74) is 0.821. The molecule has 8 nitrogen and oxygen atoms in total. The summed E-state index contributed by atoms with van der Waals surface area (Å²) < 4.78 is 5.43. The van der Waals surface area contributed by atoms with Crippen molar-refractivity contribution in [1.82, 2.24) is 10.2 Å². The number of quaternary nitrogens is 1. The number of amides is 3. The smallest absolute Gasteiger partial charge is 0.318 e. The lowest BCUT2D eigenvalue weighted by Gasteiger charge is -2.32. The van der Waals surface area contributed by atoms with E-state index in [4.69, 9.17) is 9.84 Å². The summed E-state index contributed by atoms with van der Waals surface area (Å²) in [6.07, 6.45) is 0.314. The second-order valence-corrected chi connectivity index (χ2v) is 6.99. The van der Waals surface area contributed by atoms with Gasteiger partial charge in [0.1, 0.15) is 12.3 Å². The van der Waals surface area contributed by atoms with Gasteiger partial charge in [0.2, 0.25) is 5.91 Å². The second-order valence-electron chi connectivity index (χ2n) is 6.99. The van der Waals surface area contributed by atoms with Crippen LogP contribution in [0.25, 0.3) is 0 Å². The molecule has 1 aromatic rings. The van der Waals surface area contributed by atoms with Crippen LogP contribution in [0.3, 0.4) is 0 Å². The normalized spacial score (nSPS) is 20.8. The minimum absolute atomic E-state index is 0.0154. The fraction of sp³-hybridized carbons (Fsp3) is 0.579. The summed E-state index contributed by atoms with van der Waals surface area (Å²) in [5, 5.41) is 12.0. The van der Waals surface area contributed by atoms with E-state index in [1.165, 1.54) is 4.90 Å². The first-order valence-corrected chi connectivity index (χ1v) is 9.63. The van der Waals surface area contributed by atoms with Crippen molar-refractivity contribution < 1.29 is 24.3 Å². The molecule has 1 atom stereocenters. The zero-order valence-corrected chi connectivity index (χ0v) is 15.8. The number of piperazine rings is 1. The lowest BCUT2D eigenvalue weighted by molar-refractivity contribution is -0.904. The van der Waals surface area contributed by atoms with Crippen molar-refractivity contribution in [2.75, 3.05) is 57.4 Å². The fourth-order valence-electron chi connectivity index (χ4n) is 3.64. The molecule has 8 heteroatoms. The number of hydrogen-bond donors (Lipinski definition) is 3. The average Bonchev–Trinajstić information content (AvgIpc) is 3.03. The number of hydrogen-bond acceptors (Lipinski definition) is 4. The Morgan fingerprint density at radius 2 is 2.00 bits per heavy atom. The quantitative estimate of drug-likeness (QED) is 0.599. The lowest BCUT2D eigenvalue weighted by Crippen LogP contribution is -3.15. The Kier molecular flexibility index (Phi) is 6.52. The molecule has 0 unspecified atom stereocenters. The summed E-state index contributed by atoms with van der Waals surface area (Å²) in [6, 6.07) is 7.16. The molecule has 0 saturated carbocycles. The molecule has 2 fully saturated rings. The first kappa shape index (κ1) is 19.4. The van der Waals surface area contributed by atoms with E-state index in [2.05, 4.69) is 5.32 Å². The zero-order valence-electron chi connectivity index (χ0n) is 15.8. The molecule has 2 saturated heterocycles. The number of carbonyl (C=O) groups excluding carboxylic acids is 2. The predicted molar refractivity (Wildman–Crippen MR) is 101 cm³/mol. The van der Waals surface area contributed by atoms with Gasteiger partial charge in [-0.05, 0) is 31.2 Å². The second kappa shape index (κ2) is 9.05. The number of aliphatic hydroxyl groups is 1. The Balaban J connectivity index is 1.51. The third-order valence-corrected chi connectivity index (χ3v) is 5.14. The van der Waals surface area contributed by atoms with E-state index in [-0.39, 0.29) is 24.6 Å². The van der Waals surface area contributed by atoms with E-state index in [0.29, 0.717) is 32.7 Å². The predicted octanol–water partition coefficient (Wildman–Crippen LogP) is -0.907.